The van der Waals surface area contributed by atoms with Crippen LogP contribution in [0.5, 0.6) is 11.5 Å². The average molecular weight is 253 g/mol. The highest BCUT2D eigenvalue weighted by Crippen LogP contribution is 2.22. The van der Waals surface area contributed by atoms with Crippen LogP contribution < -0.4 is 15.2 Å². The van der Waals surface area contributed by atoms with E-state index in [1.54, 1.807) is 6.07 Å². The third-order valence-corrected chi connectivity index (χ3v) is 2.20. The van der Waals surface area contributed by atoms with Gasteiger partial charge in [0.1, 0.15) is 11.5 Å². The summed E-state index contributed by atoms with van der Waals surface area (Å²) in [5, 5.41) is 0. The van der Waals surface area contributed by atoms with Gasteiger partial charge in [0.25, 0.3) is 0 Å². The van der Waals surface area contributed by atoms with Crippen LogP contribution in [-0.4, -0.2) is 32.7 Å². The Bertz CT molecular complexity index is 444. The number of carbonyl (C=O) groups is 2. The molecule has 0 saturated carbocycles. The van der Waals surface area contributed by atoms with Crippen LogP contribution in [-0.2, 0) is 9.53 Å². The number of rotatable bonds is 6. The Labute approximate surface area is 105 Å². The molecular formula is C12H15NO5. The lowest BCUT2D eigenvalue weighted by Gasteiger charge is -2.09. The third kappa shape index (κ3) is 3.97. The van der Waals surface area contributed by atoms with Crippen LogP contribution in [0.4, 0.5) is 0 Å². The molecule has 6 heteroatoms. The summed E-state index contributed by atoms with van der Waals surface area (Å²) in [5.41, 5.74) is 5.46. The summed E-state index contributed by atoms with van der Waals surface area (Å²) >= 11 is 0. The maximum atomic E-state index is 11.1. The van der Waals surface area contributed by atoms with Crippen LogP contribution in [0.2, 0.25) is 0 Å². The zero-order chi connectivity index (χ0) is 13.5. The zero-order valence-electron chi connectivity index (χ0n) is 10.3. The molecule has 1 aromatic carbocycles. The fraction of sp³-hybridized carbons (Fsp3) is 0.333. The van der Waals surface area contributed by atoms with E-state index in [2.05, 4.69) is 4.74 Å². The standard InChI is InChI=1S/C12H15NO5/c1-16-9-5-8(12(13)15)6-10(7-9)18-4-3-11(14)17-2/h5-7H,3-4H2,1-2H3,(H2,13,15). The van der Waals surface area contributed by atoms with Crippen molar-refractivity contribution in [2.45, 2.75) is 6.42 Å². The molecule has 2 N–H and O–H groups in total. The minimum absolute atomic E-state index is 0.125. The van der Waals surface area contributed by atoms with Crippen LogP contribution in [0, 0.1) is 0 Å². The Morgan fingerprint density at radius 1 is 1.17 bits per heavy atom. The molecule has 18 heavy (non-hydrogen) atoms. The normalized spacial score (nSPS) is 9.67. The summed E-state index contributed by atoms with van der Waals surface area (Å²) in [7, 11) is 2.78. The van der Waals surface area contributed by atoms with Gasteiger partial charge in [-0.25, -0.2) is 0 Å². The number of carbonyl (C=O) groups excluding carboxylic acids is 2. The average Bonchev–Trinajstić information content (AvgIpc) is 2.37. The summed E-state index contributed by atoms with van der Waals surface area (Å²) in [5.74, 6) is -0.0776. The van der Waals surface area contributed by atoms with Crippen molar-refractivity contribution in [3.05, 3.63) is 23.8 Å². The lowest BCUT2D eigenvalue weighted by atomic mass is 10.2. The van der Waals surface area contributed by atoms with Gasteiger partial charge in [0.05, 0.1) is 27.2 Å². The second-order valence-corrected chi connectivity index (χ2v) is 3.44. The molecule has 1 amide bonds. The number of ether oxygens (including phenoxy) is 3. The highest BCUT2D eigenvalue weighted by atomic mass is 16.5. The van der Waals surface area contributed by atoms with E-state index in [4.69, 9.17) is 15.2 Å². The van der Waals surface area contributed by atoms with Crippen LogP contribution in [0.1, 0.15) is 16.8 Å². The van der Waals surface area contributed by atoms with Crippen LogP contribution in [0.3, 0.4) is 0 Å². The number of amides is 1. The van der Waals surface area contributed by atoms with Crippen LogP contribution >= 0.6 is 0 Å². The molecular weight excluding hydrogens is 238 g/mol. The number of primary amides is 1. The number of nitrogens with two attached hydrogens (primary N) is 1. The molecule has 0 radical (unpaired) electrons. The fourth-order valence-corrected chi connectivity index (χ4v) is 1.27. The molecule has 6 nitrogen and oxygen atoms in total. The Morgan fingerprint density at radius 3 is 2.39 bits per heavy atom. The first-order chi connectivity index (χ1) is 8.56. The molecule has 0 heterocycles. The molecule has 0 aliphatic heterocycles. The monoisotopic (exact) mass is 253 g/mol. The van der Waals surface area contributed by atoms with Crippen molar-refractivity contribution in [2.75, 3.05) is 20.8 Å². The lowest BCUT2D eigenvalue weighted by Crippen LogP contribution is -2.12. The van der Waals surface area contributed by atoms with E-state index >= 15 is 0 Å². The Balaban J connectivity index is 2.72. The van der Waals surface area contributed by atoms with E-state index in [1.807, 2.05) is 0 Å². The summed E-state index contributed by atoms with van der Waals surface area (Å²) in [6, 6.07) is 4.60. The van der Waals surface area contributed by atoms with Gasteiger partial charge < -0.3 is 19.9 Å². The van der Waals surface area contributed by atoms with Crippen molar-refractivity contribution in [2.24, 2.45) is 5.73 Å². The van der Waals surface area contributed by atoms with Crippen molar-refractivity contribution in [3.63, 3.8) is 0 Å². The second kappa shape index (κ2) is 6.48. The lowest BCUT2D eigenvalue weighted by molar-refractivity contribution is -0.141. The first-order valence-corrected chi connectivity index (χ1v) is 5.25. The molecule has 0 spiro atoms. The Hall–Kier alpha value is -2.24. The van der Waals surface area contributed by atoms with Gasteiger partial charge in [-0.2, -0.15) is 0 Å². The molecule has 0 atom stereocenters. The van der Waals surface area contributed by atoms with Crippen molar-refractivity contribution in [3.8, 4) is 11.5 Å². The maximum absolute atomic E-state index is 11.1. The molecule has 1 rings (SSSR count). The molecule has 98 valence electrons. The third-order valence-electron chi connectivity index (χ3n) is 2.20. The topological polar surface area (TPSA) is 87.8 Å². The maximum Gasteiger partial charge on any atom is 0.308 e. The molecule has 0 bridgehead atoms. The molecule has 0 aliphatic rings. The molecule has 0 aromatic heterocycles. The Kier molecular flexibility index (Phi) is 4.98. The summed E-state index contributed by atoms with van der Waals surface area (Å²) in [4.78, 5) is 22.0. The van der Waals surface area contributed by atoms with E-state index in [-0.39, 0.29) is 24.6 Å². The van der Waals surface area contributed by atoms with Gasteiger partial charge in [-0.05, 0) is 12.1 Å². The molecule has 0 fully saturated rings. The van der Waals surface area contributed by atoms with E-state index in [0.717, 1.165) is 0 Å². The molecule has 0 aliphatic carbocycles. The first kappa shape index (κ1) is 13.8. The number of hydrogen-bond donors (Lipinski definition) is 1. The largest absolute Gasteiger partial charge is 0.497 e. The van der Waals surface area contributed by atoms with Gasteiger partial charge in [0, 0.05) is 11.6 Å². The van der Waals surface area contributed by atoms with Gasteiger partial charge in [0.15, 0.2) is 0 Å². The molecule has 0 saturated heterocycles. The van der Waals surface area contributed by atoms with Gasteiger partial charge in [-0.3, -0.25) is 9.59 Å². The number of benzene rings is 1. The highest BCUT2D eigenvalue weighted by molar-refractivity contribution is 5.93. The quantitative estimate of drug-likeness (QED) is 0.755. The molecule has 0 unspecified atom stereocenters. The number of esters is 1. The van der Waals surface area contributed by atoms with Gasteiger partial charge in [-0.15, -0.1) is 0 Å². The second-order valence-electron chi connectivity index (χ2n) is 3.44. The van der Waals surface area contributed by atoms with Crippen LogP contribution in [0.25, 0.3) is 0 Å². The number of hydrogen-bond acceptors (Lipinski definition) is 5. The fourth-order valence-electron chi connectivity index (χ4n) is 1.27. The Morgan fingerprint density at radius 2 is 1.83 bits per heavy atom. The zero-order valence-corrected chi connectivity index (χ0v) is 10.3. The van der Waals surface area contributed by atoms with E-state index in [0.29, 0.717) is 11.5 Å². The first-order valence-electron chi connectivity index (χ1n) is 5.25. The summed E-state index contributed by atoms with van der Waals surface area (Å²) < 4.78 is 14.8. The highest BCUT2D eigenvalue weighted by Gasteiger charge is 2.07. The smallest absolute Gasteiger partial charge is 0.308 e. The van der Waals surface area contributed by atoms with E-state index in [1.165, 1.54) is 26.4 Å². The van der Waals surface area contributed by atoms with E-state index < -0.39 is 5.91 Å². The minimum Gasteiger partial charge on any atom is -0.497 e. The SMILES string of the molecule is COC(=O)CCOc1cc(OC)cc(C(N)=O)c1. The van der Waals surface area contributed by atoms with Crippen molar-refractivity contribution in [1.29, 1.82) is 0 Å². The van der Waals surface area contributed by atoms with Gasteiger partial charge in [0.2, 0.25) is 5.91 Å². The summed E-state index contributed by atoms with van der Waals surface area (Å²) in [6.07, 6.45) is 0.125. The van der Waals surface area contributed by atoms with Crippen molar-refractivity contribution < 1.29 is 23.8 Å². The predicted molar refractivity (Wildman–Crippen MR) is 63.6 cm³/mol. The van der Waals surface area contributed by atoms with Crippen molar-refractivity contribution >= 4 is 11.9 Å². The minimum atomic E-state index is -0.577. The van der Waals surface area contributed by atoms with Crippen LogP contribution in [0.15, 0.2) is 18.2 Å². The van der Waals surface area contributed by atoms with Crippen molar-refractivity contribution in [1.82, 2.24) is 0 Å². The van der Waals surface area contributed by atoms with Gasteiger partial charge >= 0.3 is 5.97 Å². The van der Waals surface area contributed by atoms with Gasteiger partial charge in [-0.1, -0.05) is 0 Å². The van der Waals surface area contributed by atoms with E-state index in [9.17, 15) is 9.59 Å². The molecule has 1 aromatic rings. The predicted octanol–water partition coefficient (Wildman–Crippen LogP) is 0.736. The number of methoxy groups -OCH3 is 2. The summed E-state index contributed by atoms with van der Waals surface area (Å²) in [6.45, 7) is 0.151.